The Labute approximate surface area is 60.9 Å². The van der Waals surface area contributed by atoms with Crippen LogP contribution in [0.25, 0.3) is 0 Å². The summed E-state index contributed by atoms with van der Waals surface area (Å²) in [6.45, 7) is 0. The van der Waals surface area contributed by atoms with Crippen LogP contribution < -0.4 is 10.7 Å². The van der Waals surface area contributed by atoms with Gasteiger partial charge in [-0.15, -0.1) is 0 Å². The summed E-state index contributed by atoms with van der Waals surface area (Å²) in [4.78, 5) is 8.19. The molecule has 9 heavy (non-hydrogen) atoms. The van der Waals surface area contributed by atoms with Gasteiger partial charge in [0.05, 0.1) is 4.47 Å². The molecule has 0 aliphatic rings. The number of hydrogen-bond acceptors (Lipinski definition) is 3. The largest absolute Gasteiger partial charge is 0.390 e. The Bertz CT molecular complexity index is 204. The topological polar surface area (TPSA) is 48.1 Å². The number of hydrogen-bond donors (Lipinski definition) is 1. The van der Waals surface area contributed by atoms with E-state index in [1.807, 2.05) is 0 Å². The summed E-state index contributed by atoms with van der Waals surface area (Å²) < 4.78 is 0.757. The maximum atomic E-state index is 4.86. The first kappa shape index (κ1) is 6.51. The molecule has 0 aromatic carbocycles. The Kier molecular flexibility index (Phi) is 2.02. The Morgan fingerprint density at radius 3 is 2.89 bits per heavy atom. The van der Waals surface area contributed by atoms with E-state index in [-0.39, 0.29) is 0 Å². The second kappa shape index (κ2) is 2.80. The van der Waals surface area contributed by atoms with Crippen LogP contribution in [0.2, 0.25) is 0 Å². The molecular formula is C5H5BrN2O. The van der Waals surface area contributed by atoms with E-state index in [9.17, 15) is 0 Å². The van der Waals surface area contributed by atoms with Crippen LogP contribution in [0.4, 0.5) is 0 Å². The summed E-state index contributed by atoms with van der Waals surface area (Å²) in [6, 6.07) is 3.59. The summed E-state index contributed by atoms with van der Waals surface area (Å²) in [5.74, 6) is 5.26. The first-order valence-electron chi connectivity index (χ1n) is 2.32. The predicted molar refractivity (Wildman–Crippen MR) is 36.8 cm³/mol. The van der Waals surface area contributed by atoms with Gasteiger partial charge in [0.15, 0.2) is 0 Å². The van der Waals surface area contributed by atoms with Gasteiger partial charge < -0.3 is 4.84 Å². The molecule has 0 aliphatic heterocycles. The molecule has 0 atom stereocenters. The van der Waals surface area contributed by atoms with Crippen molar-refractivity contribution in [2.45, 2.75) is 0 Å². The van der Waals surface area contributed by atoms with Crippen molar-refractivity contribution in [1.29, 1.82) is 0 Å². The summed E-state index contributed by atoms with van der Waals surface area (Å²) >= 11 is 3.19. The average Bonchev–Trinajstić information content (AvgIpc) is 1.89. The van der Waals surface area contributed by atoms with Gasteiger partial charge >= 0.3 is 0 Å². The van der Waals surface area contributed by atoms with Crippen LogP contribution in [0.3, 0.4) is 0 Å². The van der Waals surface area contributed by atoms with Gasteiger partial charge in [-0.1, -0.05) is 0 Å². The summed E-state index contributed by atoms with van der Waals surface area (Å²) in [6.07, 6.45) is 1.60. The molecule has 1 rings (SSSR count). The number of halogens is 1. The van der Waals surface area contributed by atoms with Crippen LogP contribution in [0.1, 0.15) is 0 Å². The summed E-state index contributed by atoms with van der Waals surface area (Å²) in [7, 11) is 0. The van der Waals surface area contributed by atoms with Gasteiger partial charge in [0.1, 0.15) is 0 Å². The van der Waals surface area contributed by atoms with Crippen LogP contribution in [0.5, 0.6) is 5.88 Å². The SMILES string of the molecule is NOc1ncccc1Br. The lowest BCUT2D eigenvalue weighted by atomic mass is 10.5. The van der Waals surface area contributed by atoms with E-state index in [1.165, 1.54) is 0 Å². The van der Waals surface area contributed by atoms with Crippen molar-refractivity contribution in [3.63, 3.8) is 0 Å². The first-order valence-corrected chi connectivity index (χ1v) is 3.11. The van der Waals surface area contributed by atoms with E-state index < -0.39 is 0 Å². The van der Waals surface area contributed by atoms with Crippen molar-refractivity contribution >= 4 is 15.9 Å². The van der Waals surface area contributed by atoms with E-state index in [2.05, 4.69) is 25.8 Å². The van der Waals surface area contributed by atoms with Gasteiger partial charge in [0, 0.05) is 6.20 Å². The molecule has 48 valence electrons. The van der Waals surface area contributed by atoms with E-state index in [4.69, 9.17) is 5.90 Å². The molecule has 2 N–H and O–H groups in total. The maximum Gasteiger partial charge on any atom is 0.251 e. The van der Waals surface area contributed by atoms with Gasteiger partial charge in [-0.25, -0.2) is 4.98 Å². The number of nitrogens with two attached hydrogens (primary N) is 1. The van der Waals surface area contributed by atoms with E-state index in [0.717, 1.165) is 4.47 Å². The van der Waals surface area contributed by atoms with Gasteiger partial charge in [0.2, 0.25) is 0 Å². The molecule has 1 aromatic rings. The average molecular weight is 189 g/mol. The lowest BCUT2D eigenvalue weighted by molar-refractivity contribution is 0.318. The van der Waals surface area contributed by atoms with Crippen LogP contribution in [-0.2, 0) is 0 Å². The Hall–Kier alpha value is -0.610. The van der Waals surface area contributed by atoms with Crippen molar-refractivity contribution in [2.75, 3.05) is 0 Å². The molecule has 0 unspecified atom stereocenters. The van der Waals surface area contributed by atoms with Gasteiger partial charge in [-0.3, -0.25) is 0 Å². The highest BCUT2D eigenvalue weighted by atomic mass is 79.9. The van der Waals surface area contributed by atoms with Crippen molar-refractivity contribution in [3.8, 4) is 5.88 Å². The molecule has 0 saturated heterocycles. The molecule has 0 saturated carbocycles. The molecule has 1 aromatic heterocycles. The summed E-state index contributed by atoms with van der Waals surface area (Å²) in [5.41, 5.74) is 0. The standard InChI is InChI=1S/C5H5BrN2O/c6-4-2-1-3-8-5(4)9-7/h1-3H,7H2. The lowest BCUT2D eigenvalue weighted by Crippen LogP contribution is -2.03. The van der Waals surface area contributed by atoms with Crippen molar-refractivity contribution < 1.29 is 4.84 Å². The van der Waals surface area contributed by atoms with Crippen LogP contribution >= 0.6 is 15.9 Å². The monoisotopic (exact) mass is 188 g/mol. The lowest BCUT2D eigenvalue weighted by Gasteiger charge is -1.96. The molecule has 1 heterocycles. The number of rotatable bonds is 1. The number of aromatic nitrogens is 1. The minimum absolute atomic E-state index is 0.400. The normalized spacial score (nSPS) is 9.11. The van der Waals surface area contributed by atoms with E-state index in [0.29, 0.717) is 5.88 Å². The Morgan fingerprint density at radius 2 is 2.44 bits per heavy atom. The molecule has 0 fully saturated rings. The first-order chi connectivity index (χ1) is 4.34. The van der Waals surface area contributed by atoms with Gasteiger partial charge in [-0.2, -0.15) is 5.90 Å². The van der Waals surface area contributed by atoms with Crippen LogP contribution in [0, 0.1) is 0 Å². The molecule has 0 spiro atoms. The summed E-state index contributed by atoms with van der Waals surface area (Å²) in [5, 5.41) is 0. The molecule has 4 heteroatoms. The minimum atomic E-state index is 0.400. The number of nitrogens with zero attached hydrogens (tertiary/aromatic N) is 1. The molecular weight excluding hydrogens is 184 g/mol. The van der Waals surface area contributed by atoms with Crippen LogP contribution in [0.15, 0.2) is 22.8 Å². The van der Waals surface area contributed by atoms with Crippen molar-refractivity contribution in [3.05, 3.63) is 22.8 Å². The smallest absolute Gasteiger partial charge is 0.251 e. The van der Waals surface area contributed by atoms with E-state index >= 15 is 0 Å². The fourth-order valence-electron chi connectivity index (χ4n) is 0.458. The molecule has 0 radical (unpaired) electrons. The highest BCUT2D eigenvalue weighted by Gasteiger charge is 1.96. The second-order valence-corrected chi connectivity index (χ2v) is 2.26. The van der Waals surface area contributed by atoms with Crippen molar-refractivity contribution in [1.82, 2.24) is 4.98 Å². The maximum absolute atomic E-state index is 4.86. The minimum Gasteiger partial charge on any atom is -0.390 e. The fourth-order valence-corrected chi connectivity index (χ4v) is 0.806. The predicted octanol–water partition coefficient (Wildman–Crippen LogP) is 1.10. The zero-order valence-electron chi connectivity index (χ0n) is 4.54. The van der Waals surface area contributed by atoms with Gasteiger partial charge in [-0.05, 0) is 28.1 Å². The van der Waals surface area contributed by atoms with Gasteiger partial charge in [0.25, 0.3) is 5.88 Å². The quantitative estimate of drug-likeness (QED) is 0.672. The molecule has 0 bridgehead atoms. The fraction of sp³-hybridized carbons (Fsp3) is 0. The zero-order valence-corrected chi connectivity index (χ0v) is 6.13. The highest BCUT2D eigenvalue weighted by Crippen LogP contribution is 2.18. The zero-order chi connectivity index (χ0) is 6.69. The third-order valence-electron chi connectivity index (χ3n) is 0.836. The Morgan fingerprint density at radius 1 is 1.67 bits per heavy atom. The second-order valence-electron chi connectivity index (χ2n) is 1.41. The molecule has 0 aliphatic carbocycles. The number of pyridine rings is 1. The third-order valence-corrected chi connectivity index (χ3v) is 1.44. The Balaban J connectivity index is 3.01. The highest BCUT2D eigenvalue weighted by molar-refractivity contribution is 9.10. The van der Waals surface area contributed by atoms with Crippen molar-refractivity contribution in [2.24, 2.45) is 5.90 Å². The molecule has 3 nitrogen and oxygen atoms in total. The van der Waals surface area contributed by atoms with Crippen LogP contribution in [-0.4, -0.2) is 4.98 Å². The third kappa shape index (κ3) is 1.40. The van der Waals surface area contributed by atoms with E-state index in [1.54, 1.807) is 18.3 Å². The molecule has 0 amide bonds.